The zero-order chi connectivity index (χ0) is 14.7. The fraction of sp³-hybridized carbons (Fsp3) is 0.0588. The maximum Gasteiger partial charge on any atom is 0.252 e. The van der Waals surface area contributed by atoms with Gasteiger partial charge in [-0.3, -0.25) is 9.59 Å². The third-order valence-corrected chi connectivity index (χ3v) is 3.17. The van der Waals surface area contributed by atoms with Gasteiger partial charge in [-0.15, -0.1) is 0 Å². The van der Waals surface area contributed by atoms with Crippen LogP contribution in [0, 0.1) is 0 Å². The van der Waals surface area contributed by atoms with Crippen LogP contribution in [0.1, 0.15) is 10.4 Å². The standard InChI is InChI=1S/C17H13NO3/c19-15(12-6-2-1-3-7-12)11-21-16-10-17(20)18-14-9-5-4-8-13(14)16/h1-10H,11H2,(H,18,20). The Hall–Kier alpha value is -2.88. The zero-order valence-electron chi connectivity index (χ0n) is 11.2. The summed E-state index contributed by atoms with van der Waals surface area (Å²) in [5.74, 6) is 0.290. The van der Waals surface area contributed by atoms with Crippen molar-refractivity contribution in [3.63, 3.8) is 0 Å². The van der Waals surface area contributed by atoms with Crippen LogP contribution in [0.5, 0.6) is 5.75 Å². The van der Waals surface area contributed by atoms with Crippen molar-refractivity contribution in [2.45, 2.75) is 0 Å². The Morgan fingerprint density at radius 1 is 1.00 bits per heavy atom. The van der Waals surface area contributed by atoms with Crippen molar-refractivity contribution < 1.29 is 9.53 Å². The van der Waals surface area contributed by atoms with Gasteiger partial charge in [0.15, 0.2) is 12.4 Å². The van der Waals surface area contributed by atoms with E-state index >= 15 is 0 Å². The van der Waals surface area contributed by atoms with E-state index in [1.54, 1.807) is 30.3 Å². The molecule has 4 heteroatoms. The molecule has 1 N–H and O–H groups in total. The summed E-state index contributed by atoms with van der Waals surface area (Å²) in [4.78, 5) is 26.4. The number of Topliss-reactive ketones (excluding diaryl/α,β-unsaturated/α-hetero) is 1. The van der Waals surface area contributed by atoms with Crippen LogP contribution in [0.25, 0.3) is 10.9 Å². The molecular weight excluding hydrogens is 266 g/mol. The van der Waals surface area contributed by atoms with E-state index in [0.717, 1.165) is 5.39 Å². The van der Waals surface area contributed by atoms with Gasteiger partial charge in [0.1, 0.15) is 5.75 Å². The Morgan fingerprint density at radius 2 is 1.71 bits per heavy atom. The molecule has 104 valence electrons. The lowest BCUT2D eigenvalue weighted by Gasteiger charge is -2.08. The Bertz CT molecular complexity index is 837. The fourth-order valence-corrected chi connectivity index (χ4v) is 2.14. The number of hydrogen-bond donors (Lipinski definition) is 1. The molecule has 0 aliphatic heterocycles. The van der Waals surface area contributed by atoms with Crippen molar-refractivity contribution in [1.29, 1.82) is 0 Å². The van der Waals surface area contributed by atoms with Gasteiger partial charge in [0.2, 0.25) is 0 Å². The molecule has 0 bridgehead atoms. The van der Waals surface area contributed by atoms with E-state index in [1.807, 2.05) is 24.3 Å². The van der Waals surface area contributed by atoms with Crippen LogP contribution in [0.4, 0.5) is 0 Å². The summed E-state index contributed by atoms with van der Waals surface area (Å²) >= 11 is 0. The number of nitrogens with one attached hydrogen (secondary N) is 1. The monoisotopic (exact) mass is 279 g/mol. The molecule has 0 radical (unpaired) electrons. The van der Waals surface area contributed by atoms with Crippen molar-refractivity contribution in [1.82, 2.24) is 4.98 Å². The molecule has 1 aromatic heterocycles. The molecule has 0 aliphatic rings. The summed E-state index contributed by atoms with van der Waals surface area (Å²) in [7, 11) is 0. The van der Waals surface area contributed by atoms with Crippen molar-refractivity contribution in [3.05, 3.63) is 76.6 Å². The van der Waals surface area contributed by atoms with Crippen LogP contribution in [0.3, 0.4) is 0 Å². The van der Waals surface area contributed by atoms with Crippen molar-refractivity contribution in [2.75, 3.05) is 6.61 Å². The van der Waals surface area contributed by atoms with Crippen LogP contribution < -0.4 is 10.3 Å². The molecule has 0 saturated carbocycles. The van der Waals surface area contributed by atoms with Gasteiger partial charge >= 0.3 is 0 Å². The highest BCUT2D eigenvalue weighted by Gasteiger charge is 2.09. The molecule has 4 nitrogen and oxygen atoms in total. The van der Waals surface area contributed by atoms with Crippen LogP contribution >= 0.6 is 0 Å². The lowest BCUT2D eigenvalue weighted by molar-refractivity contribution is 0.0922. The lowest BCUT2D eigenvalue weighted by Crippen LogP contribution is -2.13. The second-order valence-electron chi connectivity index (χ2n) is 4.62. The Balaban J connectivity index is 1.86. The van der Waals surface area contributed by atoms with Gasteiger partial charge in [-0.1, -0.05) is 42.5 Å². The second kappa shape index (κ2) is 5.63. The van der Waals surface area contributed by atoms with Crippen LogP contribution in [0.2, 0.25) is 0 Å². The number of hydrogen-bond acceptors (Lipinski definition) is 3. The summed E-state index contributed by atoms with van der Waals surface area (Å²) in [5.41, 5.74) is 1.02. The van der Waals surface area contributed by atoms with Crippen molar-refractivity contribution in [2.24, 2.45) is 0 Å². The van der Waals surface area contributed by atoms with Gasteiger partial charge in [-0.2, -0.15) is 0 Å². The van der Waals surface area contributed by atoms with Crippen LogP contribution in [-0.4, -0.2) is 17.4 Å². The molecule has 1 heterocycles. The Labute approximate surface area is 121 Å². The highest BCUT2D eigenvalue weighted by Crippen LogP contribution is 2.21. The molecule has 0 aliphatic carbocycles. The maximum absolute atomic E-state index is 12.0. The van der Waals surface area contributed by atoms with E-state index < -0.39 is 0 Å². The molecule has 0 spiro atoms. The number of para-hydroxylation sites is 1. The quantitative estimate of drug-likeness (QED) is 0.747. The summed E-state index contributed by atoms with van der Waals surface area (Å²) in [6, 6.07) is 17.6. The normalized spacial score (nSPS) is 10.5. The Morgan fingerprint density at radius 3 is 2.52 bits per heavy atom. The topological polar surface area (TPSA) is 59.2 Å². The van der Waals surface area contributed by atoms with E-state index in [9.17, 15) is 9.59 Å². The first kappa shape index (κ1) is 13.1. The molecule has 21 heavy (non-hydrogen) atoms. The number of rotatable bonds is 4. The fourth-order valence-electron chi connectivity index (χ4n) is 2.14. The predicted molar refractivity (Wildman–Crippen MR) is 80.8 cm³/mol. The average Bonchev–Trinajstić information content (AvgIpc) is 2.53. The highest BCUT2D eigenvalue weighted by atomic mass is 16.5. The number of aromatic nitrogens is 1. The SMILES string of the molecule is O=C(COc1cc(=O)[nH]c2ccccc12)c1ccccc1. The molecule has 0 amide bonds. The smallest absolute Gasteiger partial charge is 0.252 e. The summed E-state index contributed by atoms with van der Waals surface area (Å²) < 4.78 is 5.55. The van der Waals surface area contributed by atoms with Gasteiger partial charge < -0.3 is 9.72 Å². The molecule has 0 atom stereocenters. The maximum atomic E-state index is 12.0. The first-order valence-corrected chi connectivity index (χ1v) is 6.57. The van der Waals surface area contributed by atoms with E-state index in [1.165, 1.54) is 6.07 Å². The predicted octanol–water partition coefficient (Wildman–Crippen LogP) is 2.79. The summed E-state index contributed by atoms with van der Waals surface area (Å²) in [5, 5.41) is 0.776. The number of carbonyl (C=O) groups excluding carboxylic acids is 1. The molecule has 3 aromatic rings. The van der Waals surface area contributed by atoms with E-state index in [-0.39, 0.29) is 17.9 Å². The molecule has 2 aromatic carbocycles. The third-order valence-electron chi connectivity index (χ3n) is 3.17. The number of ketones is 1. The number of benzene rings is 2. The zero-order valence-corrected chi connectivity index (χ0v) is 11.2. The van der Waals surface area contributed by atoms with E-state index in [4.69, 9.17) is 4.74 Å². The van der Waals surface area contributed by atoms with Crippen LogP contribution in [-0.2, 0) is 0 Å². The number of fused-ring (bicyclic) bond motifs is 1. The molecule has 0 saturated heterocycles. The number of ether oxygens (including phenoxy) is 1. The largest absolute Gasteiger partial charge is 0.485 e. The minimum atomic E-state index is -0.254. The average molecular weight is 279 g/mol. The van der Waals surface area contributed by atoms with Gasteiger partial charge in [-0.05, 0) is 12.1 Å². The summed E-state index contributed by atoms with van der Waals surface area (Å²) in [6.07, 6.45) is 0. The van der Waals surface area contributed by atoms with Gasteiger partial charge in [0, 0.05) is 17.0 Å². The lowest BCUT2D eigenvalue weighted by atomic mass is 10.1. The minimum Gasteiger partial charge on any atom is -0.485 e. The molecule has 0 unspecified atom stereocenters. The first-order valence-electron chi connectivity index (χ1n) is 6.57. The van der Waals surface area contributed by atoms with E-state index in [0.29, 0.717) is 16.8 Å². The second-order valence-corrected chi connectivity index (χ2v) is 4.62. The molecule has 0 fully saturated rings. The van der Waals surface area contributed by atoms with E-state index in [2.05, 4.69) is 4.98 Å². The first-order chi connectivity index (χ1) is 10.2. The minimum absolute atomic E-state index is 0.0997. The van der Waals surface area contributed by atoms with Gasteiger partial charge in [0.05, 0.1) is 5.52 Å². The molecule has 3 rings (SSSR count). The third kappa shape index (κ3) is 2.84. The number of H-pyrrole nitrogens is 1. The number of pyridine rings is 1. The Kier molecular flexibility index (Phi) is 3.51. The van der Waals surface area contributed by atoms with Crippen molar-refractivity contribution >= 4 is 16.7 Å². The highest BCUT2D eigenvalue weighted by molar-refractivity contribution is 5.97. The van der Waals surface area contributed by atoms with Gasteiger partial charge in [-0.25, -0.2) is 0 Å². The van der Waals surface area contributed by atoms with Crippen molar-refractivity contribution in [3.8, 4) is 5.75 Å². The molecular formula is C17H13NO3. The number of carbonyl (C=O) groups is 1. The van der Waals surface area contributed by atoms with Crippen LogP contribution in [0.15, 0.2) is 65.5 Å². The van der Waals surface area contributed by atoms with Gasteiger partial charge in [0.25, 0.3) is 5.56 Å². The summed E-state index contributed by atoms with van der Waals surface area (Å²) in [6.45, 7) is -0.0997. The number of aromatic amines is 1.